The summed E-state index contributed by atoms with van der Waals surface area (Å²) in [4.78, 5) is 23.5. The molecule has 0 saturated heterocycles. The first-order valence-corrected chi connectivity index (χ1v) is 7.41. The zero-order valence-electron chi connectivity index (χ0n) is 13.2. The lowest BCUT2D eigenvalue weighted by atomic mass is 10.00. The maximum Gasteiger partial charge on any atom is 0.335 e. The maximum absolute atomic E-state index is 11.8. The van der Waals surface area contributed by atoms with Crippen LogP contribution < -0.4 is 9.47 Å². The third-order valence-corrected chi connectivity index (χ3v) is 3.67. The highest BCUT2D eigenvalue weighted by atomic mass is 16.5. The number of phenolic OH excluding ortho intramolecular Hbond substituents is 1. The minimum Gasteiger partial charge on any atom is -0.507 e. The normalized spacial score (nSPS) is 10.4. The van der Waals surface area contributed by atoms with Gasteiger partial charge in [0.15, 0.2) is 5.75 Å². The van der Waals surface area contributed by atoms with Gasteiger partial charge in [-0.1, -0.05) is 49.6 Å². The van der Waals surface area contributed by atoms with E-state index in [0.29, 0.717) is 16.2 Å². The maximum atomic E-state index is 11.8. The number of benzene rings is 3. The van der Waals surface area contributed by atoms with Crippen LogP contribution in [0.4, 0.5) is 0 Å². The van der Waals surface area contributed by atoms with Gasteiger partial charge >= 0.3 is 11.9 Å². The molecule has 5 heteroatoms. The first kappa shape index (κ1) is 16.3. The standard InChI is InChI=1S/C20H14O5/c1-3-16(22)24-19-12-8-5-6-9-13(12)20(25-17(23)4-2)18-14(19)10-7-11-15(18)21/h3-11,21H,1-2H2. The summed E-state index contributed by atoms with van der Waals surface area (Å²) in [5.41, 5.74) is 0. The third-order valence-electron chi connectivity index (χ3n) is 3.67. The van der Waals surface area contributed by atoms with E-state index in [4.69, 9.17) is 9.47 Å². The summed E-state index contributed by atoms with van der Waals surface area (Å²) in [5.74, 6) is -0.973. The topological polar surface area (TPSA) is 72.8 Å². The summed E-state index contributed by atoms with van der Waals surface area (Å²) in [5, 5.41) is 12.1. The molecule has 3 rings (SSSR count). The molecule has 1 N–H and O–H groups in total. The van der Waals surface area contributed by atoms with Crippen LogP contribution in [0.2, 0.25) is 0 Å². The van der Waals surface area contributed by atoms with E-state index in [1.807, 2.05) is 0 Å². The molecule has 5 nitrogen and oxygen atoms in total. The zero-order valence-corrected chi connectivity index (χ0v) is 13.2. The Hall–Kier alpha value is -3.60. The smallest absolute Gasteiger partial charge is 0.335 e. The van der Waals surface area contributed by atoms with Crippen molar-refractivity contribution in [2.45, 2.75) is 0 Å². The second kappa shape index (κ2) is 6.49. The van der Waals surface area contributed by atoms with Crippen LogP contribution in [0.3, 0.4) is 0 Å². The van der Waals surface area contributed by atoms with Crippen molar-refractivity contribution in [3.8, 4) is 17.2 Å². The van der Waals surface area contributed by atoms with Gasteiger partial charge in [-0.2, -0.15) is 0 Å². The minimum atomic E-state index is -0.662. The van der Waals surface area contributed by atoms with Gasteiger partial charge in [-0.25, -0.2) is 9.59 Å². The van der Waals surface area contributed by atoms with Crippen molar-refractivity contribution < 1.29 is 24.2 Å². The molecule has 0 aromatic heterocycles. The molecule has 25 heavy (non-hydrogen) atoms. The fourth-order valence-corrected chi connectivity index (χ4v) is 2.63. The number of hydrogen-bond donors (Lipinski definition) is 1. The Morgan fingerprint density at radius 1 is 0.800 bits per heavy atom. The Morgan fingerprint density at radius 3 is 1.92 bits per heavy atom. The highest BCUT2D eigenvalue weighted by molar-refractivity contribution is 6.15. The fraction of sp³-hybridized carbons (Fsp3) is 0. The number of carbonyl (C=O) groups excluding carboxylic acids is 2. The van der Waals surface area contributed by atoms with Crippen molar-refractivity contribution in [1.29, 1.82) is 0 Å². The summed E-state index contributed by atoms with van der Waals surface area (Å²) in [7, 11) is 0. The van der Waals surface area contributed by atoms with Crippen molar-refractivity contribution in [1.82, 2.24) is 0 Å². The van der Waals surface area contributed by atoms with Gasteiger partial charge < -0.3 is 14.6 Å². The monoisotopic (exact) mass is 334 g/mol. The highest BCUT2D eigenvalue weighted by Crippen LogP contribution is 2.46. The minimum absolute atomic E-state index is 0.106. The molecule has 0 aliphatic heterocycles. The van der Waals surface area contributed by atoms with E-state index < -0.39 is 11.9 Å². The number of hydrogen-bond acceptors (Lipinski definition) is 5. The molecule has 3 aromatic carbocycles. The van der Waals surface area contributed by atoms with Gasteiger partial charge in [-0.3, -0.25) is 0 Å². The van der Waals surface area contributed by atoms with Gasteiger partial charge in [-0.05, 0) is 6.07 Å². The van der Waals surface area contributed by atoms with E-state index in [9.17, 15) is 14.7 Å². The van der Waals surface area contributed by atoms with E-state index in [1.165, 1.54) is 6.07 Å². The van der Waals surface area contributed by atoms with Crippen LogP contribution in [0.15, 0.2) is 67.8 Å². The van der Waals surface area contributed by atoms with E-state index in [0.717, 1.165) is 12.2 Å². The number of aromatic hydroxyl groups is 1. The molecule has 0 unspecified atom stereocenters. The first-order chi connectivity index (χ1) is 12.1. The number of phenols is 1. The molecular formula is C20H14O5. The van der Waals surface area contributed by atoms with Crippen LogP contribution in [-0.2, 0) is 9.59 Å². The predicted molar refractivity (Wildman–Crippen MR) is 94.8 cm³/mol. The summed E-state index contributed by atoms with van der Waals surface area (Å²) in [6.07, 6.45) is 2.08. The average Bonchev–Trinajstić information content (AvgIpc) is 2.63. The zero-order chi connectivity index (χ0) is 18.0. The molecule has 0 bridgehead atoms. The lowest BCUT2D eigenvalue weighted by Crippen LogP contribution is -2.07. The largest absolute Gasteiger partial charge is 0.507 e. The van der Waals surface area contributed by atoms with Crippen LogP contribution >= 0.6 is 0 Å². The molecule has 0 spiro atoms. The third kappa shape index (κ3) is 2.83. The Labute approximate surface area is 143 Å². The van der Waals surface area contributed by atoms with E-state index in [-0.39, 0.29) is 22.6 Å². The Bertz CT molecular complexity index is 1030. The number of esters is 2. The summed E-state index contributed by atoms with van der Waals surface area (Å²) in [6.45, 7) is 6.79. The van der Waals surface area contributed by atoms with E-state index in [1.54, 1.807) is 36.4 Å². The quantitative estimate of drug-likeness (QED) is 0.339. The Morgan fingerprint density at radius 2 is 1.32 bits per heavy atom. The van der Waals surface area contributed by atoms with E-state index in [2.05, 4.69) is 13.2 Å². The van der Waals surface area contributed by atoms with Crippen LogP contribution in [0.1, 0.15) is 0 Å². The number of fused-ring (bicyclic) bond motifs is 2. The molecule has 0 aliphatic carbocycles. The molecular weight excluding hydrogens is 320 g/mol. The van der Waals surface area contributed by atoms with Gasteiger partial charge in [0.1, 0.15) is 11.5 Å². The molecule has 0 saturated carbocycles. The average molecular weight is 334 g/mol. The van der Waals surface area contributed by atoms with Crippen molar-refractivity contribution in [3.05, 3.63) is 67.8 Å². The van der Waals surface area contributed by atoms with Crippen molar-refractivity contribution in [2.75, 3.05) is 0 Å². The second-order valence-corrected chi connectivity index (χ2v) is 5.15. The van der Waals surface area contributed by atoms with Crippen LogP contribution in [0, 0.1) is 0 Å². The molecule has 0 heterocycles. The number of ether oxygens (including phenoxy) is 2. The highest BCUT2D eigenvalue weighted by Gasteiger charge is 2.20. The number of carbonyl (C=O) groups is 2. The van der Waals surface area contributed by atoms with Crippen LogP contribution in [0.5, 0.6) is 17.2 Å². The Balaban J connectivity index is 2.47. The lowest BCUT2D eigenvalue weighted by molar-refractivity contribution is -0.129. The van der Waals surface area contributed by atoms with Crippen molar-refractivity contribution in [2.24, 2.45) is 0 Å². The molecule has 0 fully saturated rings. The molecule has 124 valence electrons. The van der Waals surface area contributed by atoms with Gasteiger partial charge in [0.2, 0.25) is 0 Å². The Kier molecular flexibility index (Phi) is 4.22. The molecule has 0 amide bonds. The van der Waals surface area contributed by atoms with Crippen molar-refractivity contribution in [3.63, 3.8) is 0 Å². The van der Waals surface area contributed by atoms with E-state index >= 15 is 0 Å². The molecule has 0 radical (unpaired) electrons. The molecule has 0 atom stereocenters. The number of rotatable bonds is 4. The summed E-state index contributed by atoms with van der Waals surface area (Å²) < 4.78 is 10.8. The predicted octanol–water partition coefficient (Wildman–Crippen LogP) is 3.88. The van der Waals surface area contributed by atoms with Crippen LogP contribution in [-0.4, -0.2) is 17.0 Å². The van der Waals surface area contributed by atoms with Gasteiger partial charge in [0.05, 0.1) is 5.39 Å². The summed E-state index contributed by atoms with van der Waals surface area (Å²) in [6, 6.07) is 11.7. The van der Waals surface area contributed by atoms with Gasteiger partial charge in [-0.15, -0.1) is 0 Å². The van der Waals surface area contributed by atoms with Gasteiger partial charge in [0.25, 0.3) is 0 Å². The summed E-state index contributed by atoms with van der Waals surface area (Å²) >= 11 is 0. The molecule has 3 aromatic rings. The van der Waals surface area contributed by atoms with Crippen LogP contribution in [0.25, 0.3) is 21.5 Å². The lowest BCUT2D eigenvalue weighted by Gasteiger charge is -2.16. The first-order valence-electron chi connectivity index (χ1n) is 7.41. The molecule has 0 aliphatic rings. The second-order valence-electron chi connectivity index (χ2n) is 5.15. The van der Waals surface area contributed by atoms with Gasteiger partial charge in [0, 0.05) is 28.3 Å². The fourth-order valence-electron chi connectivity index (χ4n) is 2.63. The van der Waals surface area contributed by atoms with Crippen molar-refractivity contribution >= 4 is 33.5 Å². The SMILES string of the molecule is C=CC(=O)Oc1c2ccccc2c(OC(=O)C=C)c2c(O)cccc12.